The summed E-state index contributed by atoms with van der Waals surface area (Å²) < 4.78 is 1.02. The summed E-state index contributed by atoms with van der Waals surface area (Å²) in [5.41, 5.74) is 5.04. The predicted molar refractivity (Wildman–Crippen MR) is 97.2 cm³/mol. The molecule has 0 atom stereocenters. The third kappa shape index (κ3) is 3.26. The fourth-order valence-electron chi connectivity index (χ4n) is 2.33. The average Bonchev–Trinajstić information content (AvgIpc) is 2.56. The van der Waals surface area contributed by atoms with Crippen molar-refractivity contribution in [2.24, 2.45) is 0 Å². The number of anilines is 2. The van der Waals surface area contributed by atoms with Crippen LogP contribution in [0.3, 0.4) is 0 Å². The number of hydrogen-bond donors (Lipinski definition) is 2. The zero-order valence-electron chi connectivity index (χ0n) is 11.9. The molecule has 108 valence electrons. The Morgan fingerprint density at radius 2 is 1.64 bits per heavy atom. The molecule has 3 rings (SSSR count). The maximum absolute atomic E-state index is 7.68. The Balaban J connectivity index is 1.94. The van der Waals surface area contributed by atoms with Crippen molar-refractivity contribution in [2.75, 3.05) is 5.32 Å². The molecule has 22 heavy (non-hydrogen) atoms. The van der Waals surface area contributed by atoms with Crippen LogP contribution >= 0.6 is 15.9 Å². The van der Waals surface area contributed by atoms with E-state index in [1.165, 1.54) is 6.21 Å². The van der Waals surface area contributed by atoms with Crippen LogP contribution in [0.25, 0.3) is 11.1 Å². The first kappa shape index (κ1) is 14.5. The Labute approximate surface area is 138 Å². The van der Waals surface area contributed by atoms with Gasteiger partial charge < -0.3 is 10.7 Å². The van der Waals surface area contributed by atoms with Gasteiger partial charge in [0.05, 0.1) is 0 Å². The van der Waals surface area contributed by atoms with Gasteiger partial charge in [-0.2, -0.15) is 0 Å². The molecule has 0 unspecified atom stereocenters. The van der Waals surface area contributed by atoms with E-state index >= 15 is 0 Å². The fourth-order valence-corrected chi connectivity index (χ4v) is 2.73. The van der Waals surface area contributed by atoms with Crippen LogP contribution in [-0.2, 0) is 0 Å². The van der Waals surface area contributed by atoms with Gasteiger partial charge in [-0.15, -0.1) is 0 Å². The minimum absolute atomic E-state index is 0.862. The molecule has 0 aliphatic rings. The highest BCUT2D eigenvalue weighted by molar-refractivity contribution is 9.10. The molecule has 3 aromatic carbocycles. The first-order chi connectivity index (χ1) is 10.8. The van der Waals surface area contributed by atoms with Gasteiger partial charge in [0.2, 0.25) is 0 Å². The van der Waals surface area contributed by atoms with Crippen molar-refractivity contribution < 1.29 is 0 Å². The van der Waals surface area contributed by atoms with E-state index in [4.69, 9.17) is 5.41 Å². The first-order valence-corrected chi connectivity index (χ1v) is 7.78. The van der Waals surface area contributed by atoms with Crippen LogP contribution in [-0.4, -0.2) is 6.21 Å². The second-order valence-electron chi connectivity index (χ2n) is 4.95. The molecule has 0 heterocycles. The van der Waals surface area contributed by atoms with E-state index in [9.17, 15) is 0 Å². The second-order valence-corrected chi connectivity index (χ2v) is 5.86. The first-order valence-electron chi connectivity index (χ1n) is 6.99. The van der Waals surface area contributed by atoms with Gasteiger partial charge in [0.15, 0.2) is 0 Å². The van der Waals surface area contributed by atoms with Gasteiger partial charge in [0.25, 0.3) is 0 Å². The highest BCUT2D eigenvalue weighted by Gasteiger charge is 2.04. The van der Waals surface area contributed by atoms with Crippen molar-refractivity contribution in [3.05, 3.63) is 82.8 Å². The van der Waals surface area contributed by atoms with Crippen molar-refractivity contribution in [1.82, 2.24) is 0 Å². The van der Waals surface area contributed by atoms with E-state index in [0.29, 0.717) is 0 Å². The van der Waals surface area contributed by atoms with Crippen LogP contribution in [0.1, 0.15) is 5.56 Å². The minimum Gasteiger partial charge on any atom is -0.355 e. The lowest BCUT2D eigenvalue weighted by Gasteiger charge is -2.12. The maximum Gasteiger partial charge on any atom is 0.0473 e. The standard InChI is InChI=1S/C19H15BrN2/c20-17-7-4-8-18(12-17)22-19-10-9-15(11-16(19)13-21)14-5-2-1-3-6-14/h1-13,21-22H. The van der Waals surface area contributed by atoms with Crippen molar-refractivity contribution in [1.29, 1.82) is 5.41 Å². The second kappa shape index (κ2) is 6.58. The van der Waals surface area contributed by atoms with Crippen molar-refractivity contribution in [3.63, 3.8) is 0 Å². The Hall–Kier alpha value is -2.39. The molecule has 3 heteroatoms. The third-order valence-electron chi connectivity index (χ3n) is 3.42. The van der Waals surface area contributed by atoms with Crippen molar-refractivity contribution in [3.8, 4) is 11.1 Å². The summed E-state index contributed by atoms with van der Waals surface area (Å²) in [6.07, 6.45) is 1.38. The number of hydrogen-bond acceptors (Lipinski definition) is 2. The zero-order valence-corrected chi connectivity index (χ0v) is 13.5. The molecule has 0 aliphatic heterocycles. The van der Waals surface area contributed by atoms with Gasteiger partial charge in [-0.3, -0.25) is 0 Å². The molecule has 0 aromatic heterocycles. The number of rotatable bonds is 4. The smallest absolute Gasteiger partial charge is 0.0473 e. The summed E-state index contributed by atoms with van der Waals surface area (Å²) in [5.74, 6) is 0. The molecule has 0 bridgehead atoms. The largest absolute Gasteiger partial charge is 0.355 e. The summed E-state index contributed by atoms with van der Waals surface area (Å²) in [7, 11) is 0. The molecular weight excluding hydrogens is 336 g/mol. The Bertz CT molecular complexity index is 798. The van der Waals surface area contributed by atoms with Crippen LogP contribution in [0.2, 0.25) is 0 Å². The van der Waals surface area contributed by atoms with Gasteiger partial charge in [-0.25, -0.2) is 0 Å². The lowest BCUT2D eigenvalue weighted by molar-refractivity contribution is 1.49. The molecule has 0 amide bonds. The van der Waals surface area contributed by atoms with Crippen LogP contribution in [0.4, 0.5) is 11.4 Å². The molecule has 0 saturated carbocycles. The van der Waals surface area contributed by atoms with E-state index in [1.54, 1.807) is 0 Å². The molecule has 0 radical (unpaired) electrons. The normalized spacial score (nSPS) is 10.2. The molecule has 0 saturated heterocycles. The van der Waals surface area contributed by atoms with E-state index in [2.05, 4.69) is 39.4 Å². The topological polar surface area (TPSA) is 35.9 Å². The highest BCUT2D eigenvalue weighted by Crippen LogP contribution is 2.27. The molecule has 0 aliphatic carbocycles. The van der Waals surface area contributed by atoms with Crippen LogP contribution < -0.4 is 5.32 Å². The van der Waals surface area contributed by atoms with Crippen molar-refractivity contribution >= 4 is 33.5 Å². The molecule has 3 aromatic rings. The van der Waals surface area contributed by atoms with Crippen LogP contribution in [0.15, 0.2) is 77.3 Å². The quantitative estimate of drug-likeness (QED) is 0.568. The van der Waals surface area contributed by atoms with Gasteiger partial charge >= 0.3 is 0 Å². The van der Waals surface area contributed by atoms with Gasteiger partial charge in [0.1, 0.15) is 0 Å². The van der Waals surface area contributed by atoms with Crippen LogP contribution in [0, 0.1) is 5.41 Å². The maximum atomic E-state index is 7.68. The highest BCUT2D eigenvalue weighted by atomic mass is 79.9. The van der Waals surface area contributed by atoms with E-state index in [-0.39, 0.29) is 0 Å². The van der Waals surface area contributed by atoms with Crippen LogP contribution in [0.5, 0.6) is 0 Å². The minimum atomic E-state index is 0.862. The summed E-state index contributed by atoms with van der Waals surface area (Å²) in [6.45, 7) is 0. The van der Waals surface area contributed by atoms with Gasteiger partial charge in [-0.1, -0.05) is 58.4 Å². The predicted octanol–water partition coefficient (Wildman–Crippen LogP) is 5.86. The molecule has 2 N–H and O–H groups in total. The monoisotopic (exact) mass is 350 g/mol. The molecule has 2 nitrogen and oxygen atoms in total. The lowest BCUT2D eigenvalue weighted by Crippen LogP contribution is -1.96. The van der Waals surface area contributed by atoms with Gasteiger partial charge in [-0.05, 0) is 41.5 Å². The van der Waals surface area contributed by atoms with E-state index < -0.39 is 0 Å². The fraction of sp³-hybridized carbons (Fsp3) is 0. The summed E-state index contributed by atoms with van der Waals surface area (Å²) >= 11 is 3.47. The summed E-state index contributed by atoms with van der Waals surface area (Å²) in [4.78, 5) is 0. The molecule has 0 fully saturated rings. The summed E-state index contributed by atoms with van der Waals surface area (Å²) in [5, 5.41) is 11.0. The lowest BCUT2D eigenvalue weighted by atomic mass is 10.0. The van der Waals surface area contributed by atoms with Gasteiger partial charge in [0, 0.05) is 27.6 Å². The number of nitrogens with one attached hydrogen (secondary N) is 2. The van der Waals surface area contributed by atoms with Crippen molar-refractivity contribution in [2.45, 2.75) is 0 Å². The molecule has 0 spiro atoms. The third-order valence-corrected chi connectivity index (χ3v) is 3.91. The molecular formula is C19H15BrN2. The van der Waals surface area contributed by atoms with E-state index in [1.807, 2.05) is 54.6 Å². The van der Waals surface area contributed by atoms with E-state index in [0.717, 1.165) is 32.5 Å². The number of halogens is 1. The Morgan fingerprint density at radius 3 is 2.36 bits per heavy atom. The Kier molecular flexibility index (Phi) is 4.35. The zero-order chi connectivity index (χ0) is 15.4. The average molecular weight is 351 g/mol. The summed E-state index contributed by atoms with van der Waals surface area (Å²) in [6, 6.07) is 24.3. The Morgan fingerprint density at radius 1 is 0.818 bits per heavy atom. The SMILES string of the molecule is N=Cc1cc(-c2ccccc2)ccc1Nc1cccc(Br)c1. The number of benzene rings is 3.